The summed E-state index contributed by atoms with van der Waals surface area (Å²) < 4.78 is 10.6. The van der Waals surface area contributed by atoms with Gasteiger partial charge in [-0.1, -0.05) is 24.9 Å². The molecule has 1 saturated heterocycles. The van der Waals surface area contributed by atoms with Crippen LogP contribution in [0.1, 0.15) is 62.7 Å². The number of hydrogen-bond acceptors (Lipinski definition) is 5. The Balaban J connectivity index is 1.94. The highest BCUT2D eigenvalue weighted by atomic mass is 16.5. The van der Waals surface area contributed by atoms with Crippen LogP contribution in [-0.2, 0) is 4.74 Å². The average Bonchev–Trinajstić information content (AvgIpc) is 2.86. The average molecular weight is 239 g/mol. The van der Waals surface area contributed by atoms with Crippen LogP contribution in [0.3, 0.4) is 0 Å². The molecule has 2 rings (SSSR count). The third kappa shape index (κ3) is 3.26. The number of aromatic nitrogens is 2. The van der Waals surface area contributed by atoms with Crippen molar-refractivity contribution in [2.24, 2.45) is 5.73 Å². The summed E-state index contributed by atoms with van der Waals surface area (Å²) >= 11 is 0. The van der Waals surface area contributed by atoms with E-state index in [2.05, 4.69) is 17.1 Å². The molecule has 1 aliphatic rings. The van der Waals surface area contributed by atoms with Crippen molar-refractivity contribution in [1.82, 2.24) is 10.1 Å². The van der Waals surface area contributed by atoms with Gasteiger partial charge in [-0.2, -0.15) is 4.98 Å². The van der Waals surface area contributed by atoms with Crippen LogP contribution in [0.25, 0.3) is 0 Å². The summed E-state index contributed by atoms with van der Waals surface area (Å²) in [4.78, 5) is 4.43. The van der Waals surface area contributed by atoms with Crippen molar-refractivity contribution in [2.45, 2.75) is 51.0 Å². The highest BCUT2D eigenvalue weighted by Crippen LogP contribution is 2.25. The molecule has 1 atom stereocenters. The van der Waals surface area contributed by atoms with Gasteiger partial charge in [0.15, 0.2) is 5.82 Å². The van der Waals surface area contributed by atoms with E-state index in [9.17, 15) is 0 Å². The van der Waals surface area contributed by atoms with Crippen molar-refractivity contribution < 1.29 is 9.26 Å². The van der Waals surface area contributed by atoms with E-state index in [0.29, 0.717) is 11.8 Å². The lowest BCUT2D eigenvalue weighted by atomic mass is 10.00. The van der Waals surface area contributed by atoms with Gasteiger partial charge in [0.25, 0.3) is 0 Å². The molecule has 0 aliphatic carbocycles. The van der Waals surface area contributed by atoms with E-state index in [1.165, 1.54) is 0 Å². The fourth-order valence-electron chi connectivity index (χ4n) is 2.07. The van der Waals surface area contributed by atoms with Crippen LogP contribution in [0.5, 0.6) is 0 Å². The van der Waals surface area contributed by atoms with Crippen molar-refractivity contribution in [3.63, 3.8) is 0 Å². The second-order valence-electron chi connectivity index (χ2n) is 4.63. The zero-order valence-electron chi connectivity index (χ0n) is 10.4. The van der Waals surface area contributed by atoms with Gasteiger partial charge in [-0.15, -0.1) is 0 Å². The minimum absolute atomic E-state index is 0.115. The summed E-state index contributed by atoms with van der Waals surface area (Å²) in [5.74, 6) is 1.76. The van der Waals surface area contributed by atoms with Crippen molar-refractivity contribution in [1.29, 1.82) is 0 Å². The van der Waals surface area contributed by atoms with E-state index >= 15 is 0 Å². The molecule has 5 heteroatoms. The highest BCUT2D eigenvalue weighted by Gasteiger charge is 2.22. The fourth-order valence-corrected chi connectivity index (χ4v) is 2.07. The topological polar surface area (TPSA) is 74.2 Å². The van der Waals surface area contributed by atoms with Gasteiger partial charge < -0.3 is 15.0 Å². The molecule has 0 amide bonds. The molecule has 0 radical (unpaired) electrons. The van der Waals surface area contributed by atoms with Gasteiger partial charge in [-0.05, 0) is 19.3 Å². The molecule has 96 valence electrons. The molecule has 2 heterocycles. The highest BCUT2D eigenvalue weighted by molar-refractivity contribution is 4.98. The van der Waals surface area contributed by atoms with Gasteiger partial charge in [0.1, 0.15) is 0 Å². The van der Waals surface area contributed by atoms with Gasteiger partial charge in [0, 0.05) is 19.1 Å². The lowest BCUT2D eigenvalue weighted by molar-refractivity contribution is 0.0830. The zero-order valence-corrected chi connectivity index (χ0v) is 10.4. The van der Waals surface area contributed by atoms with Crippen LogP contribution in [0.2, 0.25) is 0 Å². The van der Waals surface area contributed by atoms with Crippen molar-refractivity contribution in [3.05, 3.63) is 11.7 Å². The van der Waals surface area contributed by atoms with Crippen LogP contribution in [-0.4, -0.2) is 23.4 Å². The predicted octanol–water partition coefficient (Wildman–Crippen LogP) is 2.15. The molecule has 1 aromatic rings. The van der Waals surface area contributed by atoms with Crippen LogP contribution >= 0.6 is 0 Å². The first kappa shape index (κ1) is 12.5. The Morgan fingerprint density at radius 3 is 2.88 bits per heavy atom. The molecule has 0 spiro atoms. The standard InChI is InChI=1S/C12H21N3O2/c1-2-3-4-10(13)12-14-11(15-17-12)9-5-7-16-8-6-9/h9-10H,2-8,13H2,1H3/t10-/m0/s1. The van der Waals surface area contributed by atoms with E-state index < -0.39 is 0 Å². The summed E-state index contributed by atoms with van der Waals surface area (Å²) in [6, 6.07) is -0.115. The van der Waals surface area contributed by atoms with Crippen LogP contribution in [0.15, 0.2) is 4.52 Å². The van der Waals surface area contributed by atoms with Gasteiger partial charge in [-0.3, -0.25) is 0 Å². The quantitative estimate of drug-likeness (QED) is 0.852. The molecule has 1 aromatic heterocycles. The summed E-state index contributed by atoms with van der Waals surface area (Å²) in [6.07, 6.45) is 5.09. The zero-order chi connectivity index (χ0) is 12.1. The van der Waals surface area contributed by atoms with Crippen molar-refractivity contribution in [2.75, 3.05) is 13.2 Å². The lowest BCUT2D eigenvalue weighted by Gasteiger charge is -2.18. The first-order chi connectivity index (χ1) is 8.31. The number of ether oxygens (including phenoxy) is 1. The molecule has 0 aromatic carbocycles. The smallest absolute Gasteiger partial charge is 0.243 e. The minimum atomic E-state index is -0.115. The molecule has 1 aliphatic heterocycles. The maximum absolute atomic E-state index is 6.00. The second kappa shape index (κ2) is 6.12. The Hall–Kier alpha value is -0.940. The van der Waals surface area contributed by atoms with Crippen LogP contribution < -0.4 is 5.73 Å². The molecular weight excluding hydrogens is 218 g/mol. The molecule has 0 saturated carbocycles. The van der Waals surface area contributed by atoms with E-state index in [1.807, 2.05) is 0 Å². The SMILES string of the molecule is CCCC[C@H](N)c1nc(C2CCOCC2)no1. The maximum atomic E-state index is 6.00. The van der Waals surface area contributed by atoms with E-state index in [-0.39, 0.29) is 6.04 Å². The Labute approximate surface area is 102 Å². The predicted molar refractivity (Wildman–Crippen MR) is 63.5 cm³/mol. The minimum Gasteiger partial charge on any atom is -0.381 e. The summed E-state index contributed by atoms with van der Waals surface area (Å²) in [5.41, 5.74) is 6.00. The first-order valence-corrected chi connectivity index (χ1v) is 6.48. The van der Waals surface area contributed by atoms with Gasteiger partial charge in [0.05, 0.1) is 6.04 Å². The molecule has 1 fully saturated rings. The van der Waals surface area contributed by atoms with Crippen molar-refractivity contribution >= 4 is 0 Å². The Kier molecular flexibility index (Phi) is 4.50. The summed E-state index contributed by atoms with van der Waals surface area (Å²) in [6.45, 7) is 3.72. The summed E-state index contributed by atoms with van der Waals surface area (Å²) in [7, 11) is 0. The number of nitrogens with zero attached hydrogens (tertiary/aromatic N) is 2. The number of rotatable bonds is 5. The molecular formula is C12H21N3O2. The van der Waals surface area contributed by atoms with Gasteiger partial charge in [-0.25, -0.2) is 0 Å². The monoisotopic (exact) mass is 239 g/mol. The first-order valence-electron chi connectivity index (χ1n) is 6.48. The number of unbranched alkanes of at least 4 members (excludes halogenated alkanes) is 1. The fraction of sp³-hybridized carbons (Fsp3) is 0.833. The normalized spacial score (nSPS) is 19.4. The van der Waals surface area contributed by atoms with Gasteiger partial charge in [0.2, 0.25) is 5.89 Å². The third-order valence-corrected chi connectivity index (χ3v) is 3.23. The van der Waals surface area contributed by atoms with E-state index in [4.69, 9.17) is 15.0 Å². The summed E-state index contributed by atoms with van der Waals surface area (Å²) in [5, 5.41) is 4.05. The Morgan fingerprint density at radius 2 is 2.18 bits per heavy atom. The van der Waals surface area contributed by atoms with Crippen LogP contribution in [0, 0.1) is 0 Å². The molecule has 17 heavy (non-hydrogen) atoms. The van der Waals surface area contributed by atoms with Crippen LogP contribution in [0.4, 0.5) is 0 Å². The van der Waals surface area contributed by atoms with Gasteiger partial charge >= 0.3 is 0 Å². The third-order valence-electron chi connectivity index (χ3n) is 3.23. The Bertz CT molecular complexity index is 334. The lowest BCUT2D eigenvalue weighted by Crippen LogP contribution is -2.15. The molecule has 2 N–H and O–H groups in total. The van der Waals surface area contributed by atoms with E-state index in [1.54, 1.807) is 0 Å². The molecule has 0 unspecified atom stereocenters. The second-order valence-corrected chi connectivity index (χ2v) is 4.63. The number of hydrogen-bond donors (Lipinski definition) is 1. The maximum Gasteiger partial charge on any atom is 0.243 e. The molecule has 5 nitrogen and oxygen atoms in total. The largest absolute Gasteiger partial charge is 0.381 e. The molecule has 0 bridgehead atoms. The van der Waals surface area contributed by atoms with Crippen molar-refractivity contribution in [3.8, 4) is 0 Å². The van der Waals surface area contributed by atoms with E-state index in [0.717, 1.165) is 51.1 Å². The Morgan fingerprint density at radius 1 is 1.41 bits per heavy atom. The number of nitrogens with two attached hydrogens (primary N) is 1.